The molecule has 0 bridgehead atoms. The van der Waals surface area contributed by atoms with Crippen molar-refractivity contribution < 1.29 is 27.5 Å². The average Bonchev–Trinajstić information content (AvgIpc) is 3.25. The van der Waals surface area contributed by atoms with Gasteiger partial charge >= 0.3 is 5.97 Å². The zero-order chi connectivity index (χ0) is 34.9. The van der Waals surface area contributed by atoms with Gasteiger partial charge in [-0.25, -0.2) is 23.2 Å². The maximum Gasteiger partial charge on any atom is 0.337 e. The molecule has 3 aromatic rings. The van der Waals surface area contributed by atoms with Gasteiger partial charge in [0.05, 0.1) is 30.2 Å². The fourth-order valence-electron chi connectivity index (χ4n) is 7.72. The summed E-state index contributed by atoms with van der Waals surface area (Å²) in [7, 11) is -0.575. The number of carbonyl (C=O) groups excluding carboxylic acids is 2. The van der Waals surface area contributed by atoms with Crippen LogP contribution in [0.15, 0.2) is 60.0 Å². The number of nitrogens with zero attached hydrogens (tertiary/aromatic N) is 4. The van der Waals surface area contributed by atoms with Crippen molar-refractivity contribution in [3.8, 4) is 5.75 Å². The maximum atomic E-state index is 13.4. The number of hydrogen-bond acceptors (Lipinski definition) is 9. The van der Waals surface area contributed by atoms with Gasteiger partial charge in [-0.3, -0.25) is 4.79 Å². The van der Waals surface area contributed by atoms with Gasteiger partial charge in [0.15, 0.2) is 0 Å². The number of benzene rings is 2. The molecule has 49 heavy (non-hydrogen) atoms. The van der Waals surface area contributed by atoms with E-state index in [2.05, 4.69) is 27.0 Å². The predicted molar refractivity (Wildman–Crippen MR) is 188 cm³/mol. The van der Waals surface area contributed by atoms with Crippen molar-refractivity contribution in [2.75, 3.05) is 45.3 Å². The van der Waals surface area contributed by atoms with Crippen LogP contribution < -0.4 is 9.64 Å². The molecule has 2 heterocycles. The number of sulfone groups is 1. The number of ether oxygens (including phenoxy) is 2. The lowest BCUT2D eigenvalue weighted by molar-refractivity contribution is -0.132. The molecular weight excluding hydrogens is 664 g/mol. The van der Waals surface area contributed by atoms with E-state index in [1.54, 1.807) is 37.9 Å². The molecule has 1 spiro atoms. The highest BCUT2D eigenvalue weighted by Crippen LogP contribution is 2.46. The number of fused-ring (bicyclic) bond motifs is 3. The molecule has 0 N–H and O–H groups in total. The number of aromatic nitrogens is 2. The first-order valence-electron chi connectivity index (χ1n) is 17.1. The minimum absolute atomic E-state index is 0.0816. The lowest BCUT2D eigenvalue weighted by Crippen LogP contribution is -2.49. The molecule has 2 aliphatic carbocycles. The summed E-state index contributed by atoms with van der Waals surface area (Å²) in [6, 6.07) is 13.3. The smallest absolute Gasteiger partial charge is 0.337 e. The number of amides is 1. The molecule has 5 atom stereocenters. The van der Waals surface area contributed by atoms with E-state index in [1.807, 2.05) is 18.2 Å². The van der Waals surface area contributed by atoms with E-state index < -0.39 is 27.0 Å². The number of esters is 1. The Morgan fingerprint density at radius 2 is 1.88 bits per heavy atom. The molecule has 262 valence electrons. The minimum atomic E-state index is -3.77. The Morgan fingerprint density at radius 1 is 1.12 bits per heavy atom. The molecule has 1 fully saturated rings. The Hall–Kier alpha value is -3.70. The Morgan fingerprint density at radius 3 is 2.59 bits per heavy atom. The van der Waals surface area contributed by atoms with Crippen LogP contribution in [0.4, 0.5) is 5.69 Å². The van der Waals surface area contributed by atoms with E-state index in [9.17, 15) is 18.0 Å². The van der Waals surface area contributed by atoms with Crippen LogP contribution in [0.5, 0.6) is 5.75 Å². The monoisotopic (exact) mass is 708 g/mol. The van der Waals surface area contributed by atoms with Crippen LogP contribution in [0.2, 0.25) is 5.02 Å². The zero-order valence-corrected chi connectivity index (χ0v) is 30.2. The van der Waals surface area contributed by atoms with Crippen LogP contribution in [0.3, 0.4) is 0 Å². The number of hydrogen-bond donors (Lipinski definition) is 0. The van der Waals surface area contributed by atoms with Crippen molar-refractivity contribution >= 4 is 39.0 Å². The summed E-state index contributed by atoms with van der Waals surface area (Å²) in [4.78, 5) is 38.0. The molecule has 0 saturated heterocycles. The van der Waals surface area contributed by atoms with Crippen molar-refractivity contribution in [2.24, 2.45) is 17.8 Å². The van der Waals surface area contributed by atoms with E-state index in [1.165, 1.54) is 30.6 Å². The maximum absolute atomic E-state index is 13.4. The predicted octanol–water partition coefficient (Wildman–Crippen LogP) is 5.76. The summed E-state index contributed by atoms with van der Waals surface area (Å²) in [6.07, 6.45) is 7.94. The molecule has 1 saturated carbocycles. The second-order valence-electron chi connectivity index (χ2n) is 14.1. The molecule has 2 aromatic carbocycles. The molecular formula is C37H45ClN4O6S. The Balaban J connectivity index is 1.18. The van der Waals surface area contributed by atoms with E-state index >= 15 is 0 Å². The largest absolute Gasteiger partial charge is 0.490 e. The molecule has 1 aliphatic heterocycles. The third-order valence-electron chi connectivity index (χ3n) is 11.0. The van der Waals surface area contributed by atoms with Crippen LogP contribution in [0, 0.1) is 17.8 Å². The standard InChI is InChI=1S/C37H45ClN4O6S/c1-24(25(2)49(45,46)36-39-15-6-16-40-36)17-34(43)41(3)20-28-8-9-29(28)21-42-22-37(14-5-7-26-18-30(38)11-12-31(26)37)23-48-33-13-10-27(19-32(33)42)35(44)47-4/h6,10-13,15-16,18-19,24-25,28-29H,5,7-9,14,17,20-23H2,1-4H3/t24-,25+,28+,29+,37?/m1/s1. The topological polar surface area (TPSA) is 119 Å². The van der Waals surface area contributed by atoms with Gasteiger partial charge in [-0.05, 0) is 104 Å². The molecule has 1 aromatic heterocycles. The van der Waals surface area contributed by atoms with Gasteiger partial charge in [0, 0.05) is 55.9 Å². The lowest BCUT2D eigenvalue weighted by atomic mass is 9.69. The number of aryl methyl sites for hydroxylation is 1. The van der Waals surface area contributed by atoms with Gasteiger partial charge in [0.25, 0.3) is 0 Å². The molecule has 1 amide bonds. The molecule has 0 radical (unpaired) electrons. The first-order chi connectivity index (χ1) is 23.4. The Bertz CT molecular complexity index is 1810. The van der Waals surface area contributed by atoms with Crippen molar-refractivity contribution in [1.82, 2.24) is 14.9 Å². The Kier molecular flexibility index (Phi) is 10.2. The van der Waals surface area contributed by atoms with Crippen molar-refractivity contribution in [3.63, 3.8) is 0 Å². The number of rotatable bonds is 10. The van der Waals surface area contributed by atoms with Gasteiger partial charge in [-0.15, -0.1) is 0 Å². The van der Waals surface area contributed by atoms with E-state index in [-0.39, 0.29) is 28.8 Å². The second kappa shape index (κ2) is 14.3. The zero-order valence-electron chi connectivity index (χ0n) is 28.6. The molecule has 1 unspecified atom stereocenters. The van der Waals surface area contributed by atoms with E-state index in [0.717, 1.165) is 61.7 Å². The van der Waals surface area contributed by atoms with Gasteiger partial charge in [0.2, 0.25) is 20.9 Å². The quantitative estimate of drug-likeness (QED) is 0.191. The average molecular weight is 709 g/mol. The summed E-state index contributed by atoms with van der Waals surface area (Å²) >= 11 is 6.42. The third kappa shape index (κ3) is 7.15. The van der Waals surface area contributed by atoms with Gasteiger partial charge < -0.3 is 19.3 Å². The van der Waals surface area contributed by atoms with Gasteiger partial charge in [-0.1, -0.05) is 24.6 Å². The normalized spacial score (nSPS) is 22.8. The minimum Gasteiger partial charge on any atom is -0.490 e. The van der Waals surface area contributed by atoms with Crippen LogP contribution in [-0.2, 0) is 31.2 Å². The summed E-state index contributed by atoms with van der Waals surface area (Å²) in [5, 5.41) is -0.286. The van der Waals surface area contributed by atoms with E-state index in [4.69, 9.17) is 21.1 Å². The summed E-state index contributed by atoms with van der Waals surface area (Å²) in [6.45, 7) is 6.00. The molecule has 6 rings (SSSR count). The molecule has 3 aliphatic rings. The lowest BCUT2D eigenvalue weighted by Gasteiger charge is -2.45. The molecule has 10 nitrogen and oxygen atoms in total. The first kappa shape index (κ1) is 35.1. The fraction of sp³-hybridized carbons (Fsp3) is 0.514. The van der Waals surface area contributed by atoms with Crippen molar-refractivity contribution in [2.45, 2.75) is 68.2 Å². The molecule has 12 heteroatoms. The van der Waals surface area contributed by atoms with Crippen molar-refractivity contribution in [3.05, 3.63) is 76.6 Å². The second-order valence-corrected chi connectivity index (χ2v) is 16.7. The third-order valence-corrected chi connectivity index (χ3v) is 13.4. The van der Waals surface area contributed by atoms with Gasteiger partial charge in [0.1, 0.15) is 5.75 Å². The highest BCUT2D eigenvalue weighted by molar-refractivity contribution is 7.91. The summed E-state index contributed by atoms with van der Waals surface area (Å²) in [5.74, 6) is 0.458. The summed E-state index contributed by atoms with van der Waals surface area (Å²) in [5.41, 5.74) is 3.64. The highest BCUT2D eigenvalue weighted by atomic mass is 35.5. The van der Waals surface area contributed by atoms with E-state index in [0.29, 0.717) is 24.6 Å². The van der Waals surface area contributed by atoms with Crippen LogP contribution in [0.1, 0.15) is 67.4 Å². The Labute approximate surface area is 294 Å². The summed E-state index contributed by atoms with van der Waals surface area (Å²) < 4.78 is 37.8. The van der Waals surface area contributed by atoms with Crippen molar-refractivity contribution in [1.29, 1.82) is 0 Å². The number of anilines is 1. The SMILES string of the molecule is COC(=O)c1ccc2c(c1)N(C[C@@H]1CC[C@H]1CN(C)C(=O)C[C@@H](C)[C@H](C)S(=O)(=O)c1ncccn1)CC1(CCCc3cc(Cl)ccc31)CO2. The first-order valence-corrected chi connectivity index (χ1v) is 19.0. The van der Waals surface area contributed by atoms with Gasteiger partial charge in [-0.2, -0.15) is 0 Å². The fourth-order valence-corrected chi connectivity index (χ4v) is 9.37. The number of methoxy groups -OCH3 is 1. The van der Waals surface area contributed by atoms with Crippen LogP contribution in [-0.4, -0.2) is 80.8 Å². The van der Waals surface area contributed by atoms with Crippen LogP contribution in [0.25, 0.3) is 0 Å². The highest BCUT2D eigenvalue weighted by Gasteiger charge is 2.44. The number of halogens is 1. The van der Waals surface area contributed by atoms with Crippen LogP contribution >= 0.6 is 11.6 Å². The number of carbonyl (C=O) groups is 2.